The second-order valence-corrected chi connectivity index (χ2v) is 8.03. The third kappa shape index (κ3) is 4.02. The van der Waals surface area contributed by atoms with Crippen LogP contribution in [0, 0.1) is 0 Å². The van der Waals surface area contributed by atoms with Gasteiger partial charge in [-0.05, 0) is 47.9 Å². The van der Waals surface area contributed by atoms with E-state index in [-0.39, 0.29) is 11.7 Å². The SMILES string of the molecule is CC(C)c1cc(OCC2Cn3ccc(=O)nc3O2)ccc1C1CCCCC1. The van der Waals surface area contributed by atoms with Crippen LogP contribution in [-0.4, -0.2) is 22.3 Å². The van der Waals surface area contributed by atoms with Gasteiger partial charge in [-0.15, -0.1) is 0 Å². The first-order valence-electron chi connectivity index (χ1n) is 10.1. The lowest BCUT2D eigenvalue weighted by atomic mass is 9.80. The highest BCUT2D eigenvalue weighted by Crippen LogP contribution is 2.38. The quantitative estimate of drug-likeness (QED) is 0.791. The molecule has 0 amide bonds. The average molecular weight is 368 g/mol. The smallest absolute Gasteiger partial charge is 0.300 e. The number of fused-ring (bicyclic) bond motifs is 1. The number of rotatable bonds is 5. The molecule has 0 spiro atoms. The zero-order chi connectivity index (χ0) is 18.8. The van der Waals surface area contributed by atoms with Crippen molar-refractivity contribution in [1.29, 1.82) is 0 Å². The normalized spacial score (nSPS) is 19.7. The summed E-state index contributed by atoms with van der Waals surface area (Å²) in [6, 6.07) is 8.41. The van der Waals surface area contributed by atoms with Gasteiger partial charge in [0.05, 0.1) is 6.54 Å². The lowest BCUT2D eigenvalue weighted by Crippen LogP contribution is -2.23. The lowest BCUT2D eigenvalue weighted by Gasteiger charge is -2.26. The molecule has 1 aliphatic carbocycles. The fourth-order valence-corrected chi connectivity index (χ4v) is 4.26. The van der Waals surface area contributed by atoms with Crippen molar-refractivity contribution in [1.82, 2.24) is 9.55 Å². The van der Waals surface area contributed by atoms with E-state index in [0.717, 1.165) is 5.75 Å². The van der Waals surface area contributed by atoms with E-state index in [0.29, 0.717) is 31.0 Å². The van der Waals surface area contributed by atoms with Crippen molar-refractivity contribution in [2.45, 2.75) is 70.4 Å². The molecule has 2 aromatic rings. The Balaban J connectivity index is 1.43. The predicted molar refractivity (Wildman–Crippen MR) is 105 cm³/mol. The van der Waals surface area contributed by atoms with E-state index < -0.39 is 0 Å². The maximum atomic E-state index is 11.3. The molecule has 1 unspecified atom stereocenters. The van der Waals surface area contributed by atoms with Gasteiger partial charge in [-0.1, -0.05) is 39.2 Å². The van der Waals surface area contributed by atoms with Crippen LogP contribution < -0.4 is 15.0 Å². The van der Waals surface area contributed by atoms with E-state index in [4.69, 9.17) is 9.47 Å². The number of aromatic nitrogens is 2. The summed E-state index contributed by atoms with van der Waals surface area (Å²) in [7, 11) is 0. The number of ether oxygens (including phenoxy) is 2. The van der Waals surface area contributed by atoms with Crippen LogP contribution in [0.1, 0.15) is 68.9 Å². The minimum atomic E-state index is -0.275. The van der Waals surface area contributed by atoms with Crippen LogP contribution in [0.15, 0.2) is 35.3 Å². The summed E-state index contributed by atoms with van der Waals surface area (Å²) in [6.07, 6.45) is 8.27. The maximum absolute atomic E-state index is 11.3. The van der Waals surface area contributed by atoms with Crippen molar-refractivity contribution < 1.29 is 9.47 Å². The molecule has 1 fully saturated rings. The lowest BCUT2D eigenvalue weighted by molar-refractivity contribution is 0.143. The number of nitrogens with zero attached hydrogens (tertiary/aromatic N) is 2. The highest BCUT2D eigenvalue weighted by molar-refractivity contribution is 5.40. The molecule has 1 aromatic heterocycles. The summed E-state index contributed by atoms with van der Waals surface area (Å²) >= 11 is 0. The Hall–Kier alpha value is -2.30. The maximum Gasteiger partial charge on any atom is 0.300 e. The fraction of sp³-hybridized carbons (Fsp3) is 0.545. The molecule has 2 heterocycles. The Labute approximate surface area is 160 Å². The molecule has 0 radical (unpaired) electrons. The summed E-state index contributed by atoms with van der Waals surface area (Å²) in [5.74, 6) is 2.06. The van der Waals surface area contributed by atoms with E-state index in [9.17, 15) is 4.79 Å². The molecule has 2 aliphatic rings. The first-order valence-corrected chi connectivity index (χ1v) is 10.1. The van der Waals surface area contributed by atoms with Gasteiger partial charge in [0.25, 0.3) is 11.6 Å². The molecular formula is C22H28N2O3. The van der Waals surface area contributed by atoms with Crippen LogP contribution in [0.2, 0.25) is 0 Å². The minimum absolute atomic E-state index is 0.125. The highest BCUT2D eigenvalue weighted by atomic mass is 16.6. The average Bonchev–Trinajstić information content (AvgIpc) is 3.09. The van der Waals surface area contributed by atoms with Crippen LogP contribution in [0.4, 0.5) is 0 Å². The van der Waals surface area contributed by atoms with Gasteiger partial charge in [-0.2, -0.15) is 4.98 Å². The van der Waals surface area contributed by atoms with Crippen molar-refractivity contribution >= 4 is 0 Å². The van der Waals surface area contributed by atoms with Gasteiger partial charge in [0, 0.05) is 12.3 Å². The summed E-state index contributed by atoms with van der Waals surface area (Å²) in [4.78, 5) is 15.2. The van der Waals surface area contributed by atoms with E-state index in [1.807, 2.05) is 4.57 Å². The predicted octanol–water partition coefficient (Wildman–Crippen LogP) is 4.25. The van der Waals surface area contributed by atoms with E-state index in [1.54, 1.807) is 6.20 Å². The number of benzene rings is 1. The molecule has 0 bridgehead atoms. The fourth-order valence-electron chi connectivity index (χ4n) is 4.26. The summed E-state index contributed by atoms with van der Waals surface area (Å²) < 4.78 is 13.6. The summed E-state index contributed by atoms with van der Waals surface area (Å²) in [6.45, 7) is 5.60. The van der Waals surface area contributed by atoms with E-state index >= 15 is 0 Å². The third-order valence-corrected chi connectivity index (χ3v) is 5.68. The molecule has 1 aromatic carbocycles. The summed E-state index contributed by atoms with van der Waals surface area (Å²) in [5.41, 5.74) is 2.63. The van der Waals surface area contributed by atoms with Crippen LogP contribution in [0.5, 0.6) is 11.8 Å². The van der Waals surface area contributed by atoms with Gasteiger partial charge < -0.3 is 9.47 Å². The largest absolute Gasteiger partial charge is 0.490 e. The number of hydrogen-bond acceptors (Lipinski definition) is 4. The molecule has 1 atom stereocenters. The molecule has 5 heteroatoms. The zero-order valence-corrected chi connectivity index (χ0v) is 16.2. The van der Waals surface area contributed by atoms with Gasteiger partial charge in [-0.3, -0.25) is 9.36 Å². The first-order chi connectivity index (χ1) is 13.1. The molecule has 4 rings (SSSR count). The van der Waals surface area contributed by atoms with E-state index in [1.165, 1.54) is 49.3 Å². The van der Waals surface area contributed by atoms with E-state index in [2.05, 4.69) is 37.0 Å². The Kier molecular flexibility index (Phi) is 5.19. The summed E-state index contributed by atoms with van der Waals surface area (Å²) in [5, 5.41) is 0. The molecule has 0 N–H and O–H groups in total. The minimum Gasteiger partial charge on any atom is -0.490 e. The topological polar surface area (TPSA) is 53.4 Å². The van der Waals surface area contributed by atoms with Gasteiger partial charge >= 0.3 is 0 Å². The molecule has 0 saturated heterocycles. The van der Waals surface area contributed by atoms with Gasteiger partial charge in [0.15, 0.2) is 6.10 Å². The van der Waals surface area contributed by atoms with Crippen LogP contribution in [0.25, 0.3) is 0 Å². The molecule has 1 saturated carbocycles. The highest BCUT2D eigenvalue weighted by Gasteiger charge is 2.24. The van der Waals surface area contributed by atoms with Crippen LogP contribution >= 0.6 is 0 Å². The second-order valence-electron chi connectivity index (χ2n) is 8.03. The third-order valence-electron chi connectivity index (χ3n) is 5.68. The molecule has 5 nitrogen and oxygen atoms in total. The first kappa shape index (κ1) is 18.1. The van der Waals surface area contributed by atoms with Gasteiger partial charge in [0.1, 0.15) is 12.4 Å². The standard InChI is InChI=1S/C22H28N2O3/c1-15(2)20-12-17(8-9-19(20)16-6-4-3-5-7-16)26-14-18-13-24-11-10-21(25)23-22(24)27-18/h8-12,15-16,18H,3-7,13-14H2,1-2H3. The van der Waals surface area contributed by atoms with Gasteiger partial charge in [-0.25, -0.2) is 0 Å². The Morgan fingerprint density at radius 2 is 2.04 bits per heavy atom. The van der Waals surface area contributed by atoms with Crippen molar-refractivity contribution in [3.8, 4) is 11.8 Å². The monoisotopic (exact) mass is 368 g/mol. The molecular weight excluding hydrogens is 340 g/mol. The molecule has 1 aliphatic heterocycles. The Morgan fingerprint density at radius 3 is 2.81 bits per heavy atom. The Morgan fingerprint density at radius 1 is 1.22 bits per heavy atom. The van der Waals surface area contributed by atoms with Crippen molar-refractivity contribution in [2.75, 3.05) is 6.61 Å². The van der Waals surface area contributed by atoms with Crippen LogP contribution in [0.3, 0.4) is 0 Å². The second kappa shape index (κ2) is 7.75. The van der Waals surface area contributed by atoms with Crippen LogP contribution in [-0.2, 0) is 6.54 Å². The Bertz CT molecular complexity index is 853. The molecule has 144 valence electrons. The zero-order valence-electron chi connectivity index (χ0n) is 16.2. The number of hydrogen-bond donors (Lipinski definition) is 0. The van der Waals surface area contributed by atoms with Crippen molar-refractivity contribution in [3.63, 3.8) is 0 Å². The van der Waals surface area contributed by atoms with Crippen molar-refractivity contribution in [2.24, 2.45) is 0 Å². The van der Waals surface area contributed by atoms with Crippen molar-refractivity contribution in [3.05, 3.63) is 51.9 Å². The van der Waals surface area contributed by atoms with Gasteiger partial charge in [0.2, 0.25) is 0 Å². The molecule has 27 heavy (non-hydrogen) atoms.